The molecule has 0 saturated carbocycles. The van der Waals surface area contributed by atoms with Crippen molar-refractivity contribution in [2.45, 2.75) is 82.3 Å². The first-order valence-corrected chi connectivity index (χ1v) is 18.4. The SMILES string of the molecule is CCc1c(C)c(OC(=O)c2c(C)c(C)c(OC(=O)C3C(C)=CC(=O)C=C3OC)c(Cl)c2C)cc(C)c1C(=O)Oc1c(C)c(C)c(COO)c(C)c1N/C=C\CN. The molecule has 0 fully saturated rings. The van der Waals surface area contributed by atoms with Gasteiger partial charge in [0, 0.05) is 12.6 Å². The van der Waals surface area contributed by atoms with E-state index < -0.39 is 23.8 Å². The van der Waals surface area contributed by atoms with Crippen LogP contribution in [0.5, 0.6) is 17.2 Å². The average Bonchev–Trinajstić information content (AvgIpc) is 3.15. The third-order valence-corrected chi connectivity index (χ3v) is 10.8. The maximum Gasteiger partial charge on any atom is 0.344 e. The van der Waals surface area contributed by atoms with Crippen LogP contribution in [0.4, 0.5) is 5.69 Å². The lowest BCUT2D eigenvalue weighted by Crippen LogP contribution is -2.28. The van der Waals surface area contributed by atoms with E-state index in [9.17, 15) is 24.4 Å². The lowest BCUT2D eigenvalue weighted by atomic mass is 9.92. The van der Waals surface area contributed by atoms with Crippen LogP contribution in [0.15, 0.2) is 41.8 Å². The van der Waals surface area contributed by atoms with Crippen molar-refractivity contribution in [2.75, 3.05) is 19.0 Å². The molecule has 0 spiro atoms. The van der Waals surface area contributed by atoms with E-state index in [1.807, 2.05) is 27.7 Å². The second-order valence-corrected chi connectivity index (χ2v) is 14.1. The number of methoxy groups -OCH3 is 1. The zero-order chi connectivity index (χ0) is 41.8. The second-order valence-electron chi connectivity index (χ2n) is 13.7. The number of nitrogens with one attached hydrogen (secondary N) is 1. The van der Waals surface area contributed by atoms with Gasteiger partial charge in [-0.15, -0.1) is 0 Å². The summed E-state index contributed by atoms with van der Waals surface area (Å²) in [6.45, 7) is 17.8. The van der Waals surface area contributed by atoms with Gasteiger partial charge in [0.15, 0.2) is 17.3 Å². The molecule has 0 aliphatic heterocycles. The molecule has 0 amide bonds. The van der Waals surface area contributed by atoms with Crippen molar-refractivity contribution < 1.29 is 48.3 Å². The molecule has 1 unspecified atom stereocenters. The van der Waals surface area contributed by atoms with Gasteiger partial charge in [-0.1, -0.05) is 24.6 Å². The smallest absolute Gasteiger partial charge is 0.344 e. The van der Waals surface area contributed by atoms with E-state index in [0.29, 0.717) is 67.9 Å². The molecule has 13 heteroatoms. The first-order valence-electron chi connectivity index (χ1n) is 18.0. The number of esters is 3. The summed E-state index contributed by atoms with van der Waals surface area (Å²) < 4.78 is 23.3. The molecule has 3 aromatic carbocycles. The van der Waals surface area contributed by atoms with Crippen LogP contribution in [-0.2, 0) is 32.2 Å². The van der Waals surface area contributed by atoms with Crippen molar-refractivity contribution in [3.8, 4) is 17.2 Å². The molecule has 4 rings (SSSR count). The Balaban J connectivity index is 1.69. The summed E-state index contributed by atoms with van der Waals surface area (Å²) in [5.41, 5.74) is 13.1. The molecule has 0 radical (unpaired) electrons. The summed E-state index contributed by atoms with van der Waals surface area (Å²) in [5, 5.41) is 12.5. The molecule has 0 saturated heterocycles. The normalized spacial score (nSPS) is 14.0. The molecule has 3 aromatic rings. The minimum absolute atomic E-state index is 0.0511. The van der Waals surface area contributed by atoms with E-state index in [4.69, 9.17) is 36.3 Å². The summed E-state index contributed by atoms with van der Waals surface area (Å²) in [5.74, 6) is -2.43. The van der Waals surface area contributed by atoms with E-state index in [1.165, 1.54) is 19.3 Å². The lowest BCUT2D eigenvalue weighted by molar-refractivity contribution is -0.253. The van der Waals surface area contributed by atoms with Crippen molar-refractivity contribution in [1.82, 2.24) is 0 Å². The third kappa shape index (κ3) is 8.43. The summed E-state index contributed by atoms with van der Waals surface area (Å²) >= 11 is 6.78. The number of ether oxygens (including phenoxy) is 4. The van der Waals surface area contributed by atoms with E-state index in [0.717, 1.165) is 16.7 Å². The maximum absolute atomic E-state index is 14.1. The number of nitrogens with two attached hydrogens (primary N) is 1. The monoisotopic (exact) mass is 788 g/mol. The van der Waals surface area contributed by atoms with Crippen molar-refractivity contribution in [2.24, 2.45) is 11.7 Å². The van der Waals surface area contributed by atoms with Crippen LogP contribution in [0.1, 0.15) is 90.2 Å². The first kappa shape index (κ1) is 43.5. The zero-order valence-electron chi connectivity index (χ0n) is 33.7. The largest absolute Gasteiger partial charge is 0.500 e. The summed E-state index contributed by atoms with van der Waals surface area (Å²) in [6, 6.07) is 1.62. The first-order chi connectivity index (χ1) is 26.4. The minimum Gasteiger partial charge on any atom is -0.500 e. The molecule has 1 aliphatic carbocycles. The number of benzene rings is 3. The molecule has 298 valence electrons. The highest BCUT2D eigenvalue weighted by Gasteiger charge is 2.34. The van der Waals surface area contributed by atoms with Gasteiger partial charge in [-0.2, -0.15) is 0 Å². The molecule has 1 atom stereocenters. The molecule has 1 aliphatic rings. The van der Waals surface area contributed by atoms with E-state index >= 15 is 0 Å². The molecule has 12 nitrogen and oxygen atoms in total. The van der Waals surface area contributed by atoms with Crippen LogP contribution in [-0.4, -0.2) is 42.6 Å². The van der Waals surface area contributed by atoms with Crippen LogP contribution in [0.2, 0.25) is 5.02 Å². The predicted molar refractivity (Wildman–Crippen MR) is 214 cm³/mol. The van der Waals surface area contributed by atoms with Crippen LogP contribution in [0, 0.1) is 61.3 Å². The number of hydrogen-bond donors (Lipinski definition) is 3. The number of halogens is 1. The topological polar surface area (TPSA) is 173 Å². The van der Waals surface area contributed by atoms with Crippen LogP contribution in [0.25, 0.3) is 0 Å². The summed E-state index contributed by atoms with van der Waals surface area (Å²) in [7, 11) is 1.37. The maximum atomic E-state index is 14.1. The number of aryl methyl sites for hydroxylation is 1. The zero-order valence-corrected chi connectivity index (χ0v) is 34.4. The highest BCUT2D eigenvalue weighted by atomic mass is 35.5. The van der Waals surface area contributed by atoms with Crippen molar-refractivity contribution in [3.05, 3.63) is 114 Å². The fourth-order valence-electron chi connectivity index (χ4n) is 7.00. The van der Waals surface area contributed by atoms with Gasteiger partial charge >= 0.3 is 17.9 Å². The van der Waals surface area contributed by atoms with Gasteiger partial charge in [-0.25, -0.2) is 14.5 Å². The van der Waals surface area contributed by atoms with Gasteiger partial charge in [0.05, 0.1) is 28.9 Å². The highest BCUT2D eigenvalue weighted by molar-refractivity contribution is 6.33. The Morgan fingerprint density at radius 3 is 2.07 bits per heavy atom. The summed E-state index contributed by atoms with van der Waals surface area (Å²) in [4.78, 5) is 57.9. The molecule has 0 aromatic heterocycles. The Morgan fingerprint density at radius 2 is 1.46 bits per heavy atom. The number of carbonyl (C=O) groups is 4. The standard InChI is InChI=1S/C43H49ClN2O10/c1-12-30-26(8)32(17-21(3)34(30)41(48)56-40-24(6)22(4)31(19-53-51)27(9)38(40)46-15-13-14-45)54-43(50)36-23(5)25(7)39(37(44)28(36)10)55-42(49)35-20(2)16-29(47)18-33(35)52-11/h13,15-18,35,46,51H,12,14,19,45H2,1-11H3/b15-13-. The van der Waals surface area contributed by atoms with Crippen LogP contribution < -0.4 is 25.3 Å². The van der Waals surface area contributed by atoms with E-state index in [2.05, 4.69) is 10.2 Å². The Kier molecular flexibility index (Phi) is 14.1. The number of anilines is 1. The Hall–Kier alpha value is -5.27. The summed E-state index contributed by atoms with van der Waals surface area (Å²) in [6.07, 6.45) is 6.37. The number of allylic oxidation sites excluding steroid dienone is 2. The molecule has 0 bridgehead atoms. The predicted octanol–water partition coefficient (Wildman–Crippen LogP) is 8.26. The molecule has 56 heavy (non-hydrogen) atoms. The quantitative estimate of drug-likeness (QED) is 0.0656. The molecular weight excluding hydrogens is 740 g/mol. The van der Waals surface area contributed by atoms with Crippen molar-refractivity contribution >= 4 is 41.0 Å². The van der Waals surface area contributed by atoms with Gasteiger partial charge in [0.2, 0.25) is 0 Å². The van der Waals surface area contributed by atoms with Gasteiger partial charge in [0.25, 0.3) is 0 Å². The van der Waals surface area contributed by atoms with Crippen molar-refractivity contribution in [3.63, 3.8) is 0 Å². The average molecular weight is 789 g/mol. The van der Waals surface area contributed by atoms with Gasteiger partial charge in [-0.05, 0) is 148 Å². The van der Waals surface area contributed by atoms with E-state index in [1.54, 1.807) is 59.9 Å². The number of carbonyl (C=O) groups excluding carboxylic acids is 4. The van der Waals surface area contributed by atoms with Crippen molar-refractivity contribution in [1.29, 1.82) is 0 Å². The van der Waals surface area contributed by atoms with Crippen LogP contribution in [0.3, 0.4) is 0 Å². The molecule has 0 heterocycles. The minimum atomic E-state index is -0.945. The van der Waals surface area contributed by atoms with Gasteiger partial charge in [-0.3, -0.25) is 14.8 Å². The lowest BCUT2D eigenvalue weighted by Gasteiger charge is -2.24. The second kappa shape index (κ2) is 18.1. The molecule has 4 N–H and O–H groups in total. The Labute approximate surface area is 332 Å². The molecular formula is C43H49ClN2O10. The number of hydrogen-bond acceptors (Lipinski definition) is 12. The van der Waals surface area contributed by atoms with E-state index in [-0.39, 0.29) is 46.8 Å². The Morgan fingerprint density at radius 1 is 0.821 bits per heavy atom. The third-order valence-electron chi connectivity index (χ3n) is 10.4. The fraction of sp³-hybridized carbons (Fsp3) is 0.349. The number of rotatable bonds is 13. The Bertz CT molecular complexity index is 2190. The number of ketones is 1. The van der Waals surface area contributed by atoms with Gasteiger partial charge in [0.1, 0.15) is 24.0 Å². The van der Waals surface area contributed by atoms with Gasteiger partial charge < -0.3 is 30.0 Å². The van der Waals surface area contributed by atoms with Crippen LogP contribution >= 0.6 is 11.6 Å². The fourth-order valence-corrected chi connectivity index (χ4v) is 7.28. The highest BCUT2D eigenvalue weighted by Crippen LogP contribution is 2.41.